The molecule has 2 atom stereocenters. The quantitative estimate of drug-likeness (QED) is 0.902. The molecule has 1 aliphatic heterocycles. The summed E-state index contributed by atoms with van der Waals surface area (Å²) >= 11 is 0. The number of nitrogens with two attached hydrogens (primary N) is 1. The first-order valence-corrected chi connectivity index (χ1v) is 8.06. The molecular formula is C17H20FN5O2. The molecule has 3 rings (SSSR count). The molecule has 1 fully saturated rings. The van der Waals surface area contributed by atoms with Gasteiger partial charge in [0.1, 0.15) is 6.17 Å². The van der Waals surface area contributed by atoms with Crippen LogP contribution in [0.2, 0.25) is 0 Å². The Morgan fingerprint density at radius 2 is 1.96 bits per heavy atom. The van der Waals surface area contributed by atoms with Crippen molar-refractivity contribution in [2.75, 3.05) is 6.54 Å². The lowest BCUT2D eigenvalue weighted by Gasteiger charge is -2.24. The van der Waals surface area contributed by atoms with Crippen molar-refractivity contribution in [3.05, 3.63) is 46.8 Å². The number of benzene rings is 1. The van der Waals surface area contributed by atoms with E-state index in [2.05, 4.69) is 10.3 Å². The number of hydrogen-bond acceptors (Lipinski definition) is 4. The van der Waals surface area contributed by atoms with Crippen LogP contribution in [0.4, 0.5) is 4.39 Å². The maximum absolute atomic E-state index is 14.0. The van der Waals surface area contributed by atoms with Crippen LogP contribution in [0.3, 0.4) is 0 Å². The van der Waals surface area contributed by atoms with Gasteiger partial charge in [0.05, 0.1) is 25.3 Å². The van der Waals surface area contributed by atoms with Crippen molar-refractivity contribution in [1.29, 1.82) is 0 Å². The van der Waals surface area contributed by atoms with Gasteiger partial charge in [0.2, 0.25) is 0 Å². The number of alkyl halides is 1. The Morgan fingerprint density at radius 3 is 2.56 bits per heavy atom. The van der Waals surface area contributed by atoms with Crippen LogP contribution in [0.25, 0.3) is 0 Å². The lowest BCUT2D eigenvalue weighted by atomic mass is 10.1. The van der Waals surface area contributed by atoms with Gasteiger partial charge in [0.25, 0.3) is 11.8 Å². The van der Waals surface area contributed by atoms with Crippen molar-refractivity contribution in [2.45, 2.75) is 39.0 Å². The maximum Gasteiger partial charge on any atom is 0.270 e. The second kappa shape index (κ2) is 6.62. The van der Waals surface area contributed by atoms with E-state index in [0.29, 0.717) is 5.56 Å². The smallest absolute Gasteiger partial charge is 0.270 e. The molecule has 0 aliphatic carbocycles. The van der Waals surface area contributed by atoms with E-state index in [1.54, 1.807) is 12.1 Å². The highest BCUT2D eigenvalue weighted by atomic mass is 19.1. The van der Waals surface area contributed by atoms with E-state index in [0.717, 1.165) is 11.1 Å². The lowest BCUT2D eigenvalue weighted by Crippen LogP contribution is -2.38. The Hall–Kier alpha value is -2.77. The molecule has 2 unspecified atom stereocenters. The van der Waals surface area contributed by atoms with Crippen molar-refractivity contribution in [2.24, 2.45) is 5.73 Å². The van der Waals surface area contributed by atoms with Crippen LogP contribution in [-0.4, -0.2) is 50.5 Å². The first-order chi connectivity index (χ1) is 11.8. The summed E-state index contributed by atoms with van der Waals surface area (Å²) in [4.78, 5) is 25.5. The Labute approximate surface area is 144 Å². The summed E-state index contributed by atoms with van der Waals surface area (Å²) in [5, 5.41) is 7.50. The minimum absolute atomic E-state index is 0.0435. The summed E-state index contributed by atoms with van der Waals surface area (Å²) < 4.78 is 15.4. The van der Waals surface area contributed by atoms with E-state index < -0.39 is 12.1 Å². The number of halogens is 1. The molecule has 1 aromatic carbocycles. The van der Waals surface area contributed by atoms with Crippen molar-refractivity contribution < 1.29 is 14.0 Å². The van der Waals surface area contributed by atoms with Crippen molar-refractivity contribution in [3.63, 3.8) is 0 Å². The number of likely N-dealkylation sites (tertiary alicyclic amines) is 1. The van der Waals surface area contributed by atoms with Gasteiger partial charge in [-0.1, -0.05) is 22.4 Å². The Morgan fingerprint density at radius 1 is 1.28 bits per heavy atom. The number of nitrogens with zero attached hydrogens (tertiary/aromatic N) is 4. The van der Waals surface area contributed by atoms with Gasteiger partial charge in [-0.25, -0.2) is 9.07 Å². The number of aryl methyl sites for hydroxylation is 2. The van der Waals surface area contributed by atoms with Gasteiger partial charge in [0, 0.05) is 12.0 Å². The minimum Gasteiger partial charge on any atom is -0.364 e. The number of hydrogen-bond donors (Lipinski definition) is 1. The van der Waals surface area contributed by atoms with Gasteiger partial charge < -0.3 is 10.6 Å². The van der Waals surface area contributed by atoms with Gasteiger partial charge in [-0.2, -0.15) is 0 Å². The molecule has 132 valence electrons. The van der Waals surface area contributed by atoms with Gasteiger partial charge >= 0.3 is 0 Å². The Balaban J connectivity index is 1.80. The summed E-state index contributed by atoms with van der Waals surface area (Å²) in [6.07, 6.45) is 0.550. The molecule has 2 aromatic rings. The molecule has 7 nitrogen and oxygen atoms in total. The van der Waals surface area contributed by atoms with Crippen molar-refractivity contribution in [1.82, 2.24) is 19.9 Å². The molecule has 2 heterocycles. The van der Waals surface area contributed by atoms with Crippen LogP contribution in [0.15, 0.2) is 24.4 Å². The molecule has 0 spiro atoms. The van der Waals surface area contributed by atoms with Gasteiger partial charge in [-0.15, -0.1) is 5.10 Å². The van der Waals surface area contributed by atoms with Crippen LogP contribution >= 0.6 is 0 Å². The zero-order valence-electron chi connectivity index (χ0n) is 14.1. The van der Waals surface area contributed by atoms with E-state index in [1.165, 1.54) is 15.8 Å². The maximum atomic E-state index is 14.0. The van der Waals surface area contributed by atoms with Crippen LogP contribution in [0.5, 0.6) is 0 Å². The molecule has 0 bridgehead atoms. The fourth-order valence-electron chi connectivity index (χ4n) is 3.26. The molecular weight excluding hydrogens is 325 g/mol. The van der Waals surface area contributed by atoms with Crippen molar-refractivity contribution in [3.8, 4) is 0 Å². The van der Waals surface area contributed by atoms with E-state index in [-0.39, 0.29) is 37.2 Å². The monoisotopic (exact) mass is 345 g/mol. The largest absolute Gasteiger partial charge is 0.364 e. The molecule has 25 heavy (non-hydrogen) atoms. The normalized spacial score (nSPS) is 20.0. The first kappa shape index (κ1) is 17.1. The number of amides is 2. The Bertz CT molecular complexity index is 799. The summed E-state index contributed by atoms with van der Waals surface area (Å²) in [6, 6.07) is 5.24. The highest BCUT2D eigenvalue weighted by Gasteiger charge is 2.36. The summed E-state index contributed by atoms with van der Waals surface area (Å²) in [5.41, 5.74) is 7.72. The fraction of sp³-hybridized carbons (Fsp3) is 0.412. The average Bonchev–Trinajstić information content (AvgIpc) is 3.13. The number of carbonyl (C=O) groups excluding carboxylic acids is 2. The van der Waals surface area contributed by atoms with Crippen LogP contribution < -0.4 is 5.73 Å². The number of primary amides is 1. The zero-order chi connectivity index (χ0) is 18.1. The van der Waals surface area contributed by atoms with Crippen LogP contribution in [-0.2, 0) is 6.54 Å². The molecule has 8 heteroatoms. The van der Waals surface area contributed by atoms with Crippen LogP contribution in [0.1, 0.15) is 38.4 Å². The molecule has 0 saturated carbocycles. The van der Waals surface area contributed by atoms with E-state index in [9.17, 15) is 14.0 Å². The van der Waals surface area contributed by atoms with E-state index >= 15 is 0 Å². The third-order valence-corrected chi connectivity index (χ3v) is 4.28. The van der Waals surface area contributed by atoms with E-state index in [1.807, 2.05) is 19.9 Å². The number of aromatic nitrogens is 3. The second-order valence-corrected chi connectivity index (χ2v) is 6.51. The Kier molecular flexibility index (Phi) is 4.52. The van der Waals surface area contributed by atoms with E-state index in [4.69, 9.17) is 5.73 Å². The second-order valence-electron chi connectivity index (χ2n) is 6.51. The third-order valence-electron chi connectivity index (χ3n) is 4.28. The lowest BCUT2D eigenvalue weighted by molar-refractivity contribution is 0.0714. The molecule has 1 aliphatic rings. The van der Waals surface area contributed by atoms with Crippen molar-refractivity contribution >= 4 is 11.8 Å². The standard InChI is InChI=1S/C17H20FN5O2/c1-10-3-11(2)5-12(4-10)17(25)23-7-13(18)6-14(23)8-22-9-15(16(19)24)20-21-22/h3-5,9,13-14H,6-8H2,1-2H3,(H2,19,24). The molecule has 0 radical (unpaired) electrons. The summed E-state index contributed by atoms with van der Waals surface area (Å²) in [5.74, 6) is -0.878. The molecule has 1 saturated heterocycles. The van der Waals surface area contributed by atoms with Gasteiger partial charge in [-0.3, -0.25) is 9.59 Å². The summed E-state index contributed by atoms with van der Waals surface area (Å²) in [6.45, 7) is 4.15. The topological polar surface area (TPSA) is 94.1 Å². The fourth-order valence-corrected chi connectivity index (χ4v) is 3.26. The zero-order valence-corrected chi connectivity index (χ0v) is 14.1. The highest BCUT2D eigenvalue weighted by Crippen LogP contribution is 2.24. The molecule has 2 amide bonds. The first-order valence-electron chi connectivity index (χ1n) is 8.06. The summed E-state index contributed by atoms with van der Waals surface area (Å²) in [7, 11) is 0. The van der Waals surface area contributed by atoms with Gasteiger partial charge in [-0.05, 0) is 26.0 Å². The molecule has 2 N–H and O–H groups in total. The minimum atomic E-state index is -1.08. The van der Waals surface area contributed by atoms with Crippen LogP contribution in [0, 0.1) is 13.8 Å². The number of carbonyl (C=O) groups is 2. The number of rotatable bonds is 4. The molecule has 1 aromatic heterocycles. The predicted octanol–water partition coefficient (Wildman–Crippen LogP) is 1.25. The highest BCUT2D eigenvalue weighted by molar-refractivity contribution is 5.95. The van der Waals surface area contributed by atoms with Gasteiger partial charge in [0.15, 0.2) is 5.69 Å². The third kappa shape index (κ3) is 3.67. The predicted molar refractivity (Wildman–Crippen MR) is 88.8 cm³/mol. The SMILES string of the molecule is Cc1cc(C)cc(C(=O)N2CC(F)CC2Cn2cc(C(N)=O)nn2)c1. The average molecular weight is 345 g/mol.